The zero-order chi connectivity index (χ0) is 23.0. The molecule has 2 heterocycles. The van der Waals surface area contributed by atoms with Gasteiger partial charge in [-0.25, -0.2) is 18.2 Å². The predicted octanol–water partition coefficient (Wildman–Crippen LogP) is 3.40. The molecule has 0 fully saturated rings. The lowest BCUT2D eigenvalue weighted by molar-refractivity contribution is -0.129. The number of nitrogens with zero attached hydrogens (tertiary/aromatic N) is 4. The molecule has 0 saturated carbocycles. The SMILES string of the molecule is CN1C(=O)C(c2cc(CF)ccn2)(c2cc(-c3cccc(C#N)c3)c(F)cc2F)N=C1N. The van der Waals surface area contributed by atoms with Crippen LogP contribution in [-0.2, 0) is 17.0 Å². The van der Waals surface area contributed by atoms with Gasteiger partial charge in [-0.3, -0.25) is 14.7 Å². The van der Waals surface area contributed by atoms with E-state index in [-0.39, 0.29) is 33.9 Å². The van der Waals surface area contributed by atoms with E-state index in [1.807, 2.05) is 6.07 Å². The van der Waals surface area contributed by atoms with Gasteiger partial charge in [0.05, 0.1) is 17.3 Å². The van der Waals surface area contributed by atoms with Gasteiger partial charge >= 0.3 is 0 Å². The van der Waals surface area contributed by atoms with Gasteiger partial charge in [-0.05, 0) is 41.5 Å². The summed E-state index contributed by atoms with van der Waals surface area (Å²) in [6.07, 6.45) is 1.28. The van der Waals surface area contributed by atoms with E-state index in [4.69, 9.17) is 11.0 Å². The number of carbonyl (C=O) groups is 1. The second-order valence-electron chi connectivity index (χ2n) is 7.23. The molecule has 6 nitrogen and oxygen atoms in total. The van der Waals surface area contributed by atoms with Gasteiger partial charge in [-0.15, -0.1) is 0 Å². The zero-order valence-corrected chi connectivity index (χ0v) is 16.8. The van der Waals surface area contributed by atoms with Crippen LogP contribution >= 0.6 is 0 Å². The fourth-order valence-corrected chi connectivity index (χ4v) is 3.68. The number of nitriles is 1. The highest BCUT2D eigenvalue weighted by Gasteiger charge is 2.52. The Balaban J connectivity index is 2.03. The second-order valence-corrected chi connectivity index (χ2v) is 7.23. The van der Waals surface area contributed by atoms with Gasteiger partial charge in [0, 0.05) is 30.4 Å². The molecule has 1 atom stereocenters. The molecule has 1 aliphatic heterocycles. The number of amides is 1. The maximum absolute atomic E-state index is 15.2. The van der Waals surface area contributed by atoms with Gasteiger partial charge < -0.3 is 5.73 Å². The van der Waals surface area contributed by atoms with Crippen LogP contribution < -0.4 is 5.73 Å². The first-order valence-electron chi connectivity index (χ1n) is 9.46. The van der Waals surface area contributed by atoms with Crippen LogP contribution in [0.4, 0.5) is 13.2 Å². The Morgan fingerprint density at radius 2 is 1.94 bits per heavy atom. The molecule has 2 aromatic carbocycles. The minimum absolute atomic E-state index is 0.0457. The normalized spacial score (nSPS) is 17.9. The molecule has 3 aromatic rings. The molecule has 0 radical (unpaired) electrons. The fraction of sp³-hybridized carbons (Fsp3) is 0.130. The third kappa shape index (κ3) is 3.17. The van der Waals surface area contributed by atoms with Crippen LogP contribution in [0.2, 0.25) is 0 Å². The Bertz CT molecular complexity index is 1320. The molecule has 4 rings (SSSR count). The largest absolute Gasteiger partial charge is 0.369 e. The fourth-order valence-electron chi connectivity index (χ4n) is 3.68. The summed E-state index contributed by atoms with van der Waals surface area (Å²) in [5.41, 5.74) is 4.21. The Morgan fingerprint density at radius 1 is 1.16 bits per heavy atom. The molecular formula is C23H16F3N5O. The monoisotopic (exact) mass is 435 g/mol. The zero-order valence-electron chi connectivity index (χ0n) is 16.8. The Kier molecular flexibility index (Phi) is 5.14. The first-order valence-corrected chi connectivity index (χ1v) is 9.46. The van der Waals surface area contributed by atoms with E-state index in [0.717, 1.165) is 11.0 Å². The number of hydrogen-bond donors (Lipinski definition) is 1. The number of likely N-dealkylation sites (N-methyl/N-ethyl adjacent to an activating group) is 1. The van der Waals surface area contributed by atoms with Crippen molar-refractivity contribution >= 4 is 11.9 Å². The van der Waals surface area contributed by atoms with Crippen molar-refractivity contribution < 1.29 is 18.0 Å². The smallest absolute Gasteiger partial charge is 0.268 e. The molecule has 0 bridgehead atoms. The summed E-state index contributed by atoms with van der Waals surface area (Å²) in [6.45, 7) is -0.840. The van der Waals surface area contributed by atoms with Crippen LogP contribution in [0, 0.1) is 23.0 Å². The molecule has 1 unspecified atom stereocenters. The molecule has 1 aliphatic rings. The number of alkyl halides is 1. The van der Waals surface area contributed by atoms with Gasteiger partial charge in [0.1, 0.15) is 18.3 Å². The third-order valence-electron chi connectivity index (χ3n) is 5.34. The first-order chi connectivity index (χ1) is 15.3. The molecule has 1 aromatic heterocycles. The van der Waals surface area contributed by atoms with E-state index < -0.39 is 29.8 Å². The summed E-state index contributed by atoms with van der Waals surface area (Å²) >= 11 is 0. The molecule has 0 spiro atoms. The molecule has 160 valence electrons. The number of pyridine rings is 1. The van der Waals surface area contributed by atoms with E-state index in [1.165, 1.54) is 31.4 Å². The summed E-state index contributed by atoms with van der Waals surface area (Å²) in [7, 11) is 1.36. The highest BCUT2D eigenvalue weighted by atomic mass is 19.1. The van der Waals surface area contributed by atoms with Gasteiger partial charge in [-0.1, -0.05) is 12.1 Å². The molecule has 2 N–H and O–H groups in total. The summed E-state index contributed by atoms with van der Waals surface area (Å²) in [6, 6.07) is 12.6. The van der Waals surface area contributed by atoms with Gasteiger partial charge in [-0.2, -0.15) is 5.26 Å². The van der Waals surface area contributed by atoms with Crippen molar-refractivity contribution in [3.05, 3.63) is 88.7 Å². The Labute approximate surface area is 181 Å². The number of rotatable bonds is 4. The number of halogens is 3. The van der Waals surface area contributed by atoms with E-state index in [9.17, 15) is 13.6 Å². The van der Waals surface area contributed by atoms with E-state index in [0.29, 0.717) is 11.6 Å². The lowest BCUT2D eigenvalue weighted by Gasteiger charge is -2.26. The van der Waals surface area contributed by atoms with E-state index >= 15 is 4.39 Å². The minimum Gasteiger partial charge on any atom is -0.369 e. The van der Waals surface area contributed by atoms with Gasteiger partial charge in [0.15, 0.2) is 5.96 Å². The predicted molar refractivity (Wildman–Crippen MR) is 111 cm³/mol. The first kappa shape index (κ1) is 21.1. The molecular weight excluding hydrogens is 419 g/mol. The van der Waals surface area contributed by atoms with Crippen LogP contribution in [0.3, 0.4) is 0 Å². The number of aromatic nitrogens is 1. The second kappa shape index (κ2) is 7.81. The topological polar surface area (TPSA) is 95.4 Å². The average Bonchev–Trinajstić information content (AvgIpc) is 3.04. The summed E-state index contributed by atoms with van der Waals surface area (Å²) in [5, 5.41) is 9.16. The van der Waals surface area contributed by atoms with Crippen molar-refractivity contribution in [3.63, 3.8) is 0 Å². The third-order valence-corrected chi connectivity index (χ3v) is 5.34. The molecule has 1 amide bonds. The Morgan fingerprint density at radius 3 is 2.59 bits per heavy atom. The number of hydrogen-bond acceptors (Lipinski definition) is 5. The highest BCUT2D eigenvalue weighted by Crippen LogP contribution is 2.42. The molecule has 0 saturated heterocycles. The number of guanidine groups is 1. The van der Waals surface area contributed by atoms with Crippen molar-refractivity contribution in [1.82, 2.24) is 9.88 Å². The molecule has 9 heteroatoms. The van der Waals surface area contributed by atoms with Crippen molar-refractivity contribution in [3.8, 4) is 17.2 Å². The van der Waals surface area contributed by atoms with Crippen molar-refractivity contribution in [1.29, 1.82) is 5.26 Å². The number of carbonyl (C=O) groups excluding carboxylic acids is 1. The number of nitrogens with two attached hydrogens (primary N) is 1. The standard InChI is InChI=1S/C23H16F3N5O/c1-31-21(32)23(30-22(31)28,20-8-13(11-24)5-6-29-20)17-9-16(18(25)10-19(17)26)15-4-2-3-14(7-15)12-27/h2-10H,11H2,1H3,(H2,28,30). The summed E-state index contributed by atoms with van der Waals surface area (Å²) in [4.78, 5) is 22.7. The Hall–Kier alpha value is -4.19. The quantitative estimate of drug-likeness (QED) is 0.680. The van der Waals surface area contributed by atoms with Crippen molar-refractivity contribution in [2.75, 3.05) is 7.05 Å². The van der Waals surface area contributed by atoms with Crippen LogP contribution in [0.25, 0.3) is 11.1 Å². The van der Waals surface area contributed by atoms with Crippen LogP contribution in [0.15, 0.2) is 59.7 Å². The van der Waals surface area contributed by atoms with Gasteiger partial charge in [0.2, 0.25) is 5.54 Å². The lowest BCUT2D eigenvalue weighted by Crippen LogP contribution is -2.42. The van der Waals surface area contributed by atoms with Crippen LogP contribution in [0.1, 0.15) is 22.4 Å². The highest BCUT2D eigenvalue weighted by molar-refractivity contribution is 6.08. The number of benzene rings is 2. The maximum atomic E-state index is 15.2. The lowest BCUT2D eigenvalue weighted by atomic mass is 9.83. The summed E-state index contributed by atoms with van der Waals surface area (Å²) < 4.78 is 43.3. The van der Waals surface area contributed by atoms with Crippen LogP contribution in [-0.4, -0.2) is 28.8 Å². The average molecular weight is 435 g/mol. The van der Waals surface area contributed by atoms with Crippen molar-refractivity contribution in [2.45, 2.75) is 12.2 Å². The van der Waals surface area contributed by atoms with E-state index in [1.54, 1.807) is 18.2 Å². The van der Waals surface area contributed by atoms with Crippen LogP contribution in [0.5, 0.6) is 0 Å². The molecule has 32 heavy (non-hydrogen) atoms. The maximum Gasteiger partial charge on any atom is 0.268 e. The minimum atomic E-state index is -2.07. The number of aliphatic imine (C=N–C) groups is 1. The summed E-state index contributed by atoms with van der Waals surface area (Å²) in [5.74, 6) is -2.85. The van der Waals surface area contributed by atoms with Crippen molar-refractivity contribution in [2.24, 2.45) is 10.7 Å². The molecule has 0 aliphatic carbocycles. The van der Waals surface area contributed by atoms with E-state index in [2.05, 4.69) is 9.98 Å². The van der Waals surface area contributed by atoms with Gasteiger partial charge in [0.25, 0.3) is 5.91 Å².